The number of aromatic nitrogens is 3. The van der Waals surface area contributed by atoms with E-state index in [0.717, 1.165) is 31.1 Å². The zero-order chi connectivity index (χ0) is 12.4. The summed E-state index contributed by atoms with van der Waals surface area (Å²) >= 11 is 0. The van der Waals surface area contributed by atoms with Crippen LogP contribution in [0.2, 0.25) is 0 Å². The summed E-state index contributed by atoms with van der Waals surface area (Å²) in [5, 5.41) is 4.13. The smallest absolute Gasteiger partial charge is 0.142 e. The molecule has 0 amide bonds. The van der Waals surface area contributed by atoms with Crippen LogP contribution in [-0.2, 0) is 6.54 Å². The van der Waals surface area contributed by atoms with Gasteiger partial charge < -0.3 is 9.64 Å². The number of nitrogens with zero attached hydrogens (tertiary/aromatic N) is 4. The van der Waals surface area contributed by atoms with E-state index < -0.39 is 0 Å². The Labute approximate surface area is 106 Å². The lowest BCUT2D eigenvalue weighted by Crippen LogP contribution is -2.42. The quantitative estimate of drug-likeness (QED) is 0.822. The lowest BCUT2D eigenvalue weighted by Gasteiger charge is -2.36. The topological polar surface area (TPSA) is 43.2 Å². The van der Waals surface area contributed by atoms with Gasteiger partial charge in [0.2, 0.25) is 0 Å². The molecule has 0 fully saturated rings. The van der Waals surface area contributed by atoms with Crippen molar-refractivity contribution in [2.24, 2.45) is 0 Å². The summed E-state index contributed by atoms with van der Waals surface area (Å²) in [6, 6.07) is 8.55. The van der Waals surface area contributed by atoms with Gasteiger partial charge in [0.1, 0.15) is 25.0 Å². The molecule has 1 atom stereocenters. The number of hydrogen-bond acceptors (Lipinski definition) is 4. The van der Waals surface area contributed by atoms with E-state index in [9.17, 15) is 0 Å². The van der Waals surface area contributed by atoms with Crippen LogP contribution in [0, 0.1) is 0 Å². The number of rotatable bonds is 3. The number of benzene rings is 1. The third-order valence-corrected chi connectivity index (χ3v) is 3.22. The second-order valence-electron chi connectivity index (χ2n) is 4.48. The Morgan fingerprint density at radius 1 is 1.33 bits per heavy atom. The van der Waals surface area contributed by atoms with Gasteiger partial charge in [0, 0.05) is 6.54 Å². The summed E-state index contributed by atoms with van der Waals surface area (Å²) in [7, 11) is 0. The molecule has 0 N–H and O–H groups in total. The lowest BCUT2D eigenvalue weighted by atomic mass is 10.1. The first-order valence-corrected chi connectivity index (χ1v) is 6.15. The average molecular weight is 244 g/mol. The van der Waals surface area contributed by atoms with Crippen molar-refractivity contribution >= 4 is 5.69 Å². The molecule has 3 rings (SSSR count). The Kier molecular flexibility index (Phi) is 2.88. The molecule has 0 saturated carbocycles. The Hall–Kier alpha value is -2.04. The van der Waals surface area contributed by atoms with Gasteiger partial charge in [-0.25, -0.2) is 4.98 Å². The molecule has 1 unspecified atom stereocenters. The summed E-state index contributed by atoms with van der Waals surface area (Å²) < 4.78 is 7.58. The molecule has 1 aliphatic heterocycles. The van der Waals surface area contributed by atoms with E-state index in [1.54, 1.807) is 12.7 Å². The predicted octanol–water partition coefficient (Wildman–Crippen LogP) is 1.57. The minimum atomic E-state index is 0.378. The number of hydrogen-bond donors (Lipinski definition) is 0. The van der Waals surface area contributed by atoms with E-state index in [2.05, 4.69) is 28.0 Å². The van der Waals surface area contributed by atoms with E-state index in [0.29, 0.717) is 6.04 Å². The monoisotopic (exact) mass is 244 g/mol. The fraction of sp³-hybridized carbons (Fsp3) is 0.385. The molecule has 0 aliphatic carbocycles. The highest BCUT2D eigenvalue weighted by atomic mass is 16.5. The first kappa shape index (κ1) is 11.1. The van der Waals surface area contributed by atoms with E-state index in [-0.39, 0.29) is 0 Å². The number of fused-ring (bicyclic) bond motifs is 1. The zero-order valence-corrected chi connectivity index (χ0v) is 10.4. The molecule has 5 heteroatoms. The average Bonchev–Trinajstić information content (AvgIpc) is 2.91. The molecule has 2 heterocycles. The SMILES string of the molecule is CC1COc2ccccc2N1CCn1cncn1. The highest BCUT2D eigenvalue weighted by Gasteiger charge is 2.23. The molecule has 0 saturated heterocycles. The molecule has 18 heavy (non-hydrogen) atoms. The van der Waals surface area contributed by atoms with Gasteiger partial charge in [0.25, 0.3) is 0 Å². The number of ether oxygens (including phenoxy) is 1. The van der Waals surface area contributed by atoms with Gasteiger partial charge in [-0.15, -0.1) is 0 Å². The minimum Gasteiger partial charge on any atom is -0.489 e. The Balaban J connectivity index is 1.78. The van der Waals surface area contributed by atoms with Crippen molar-refractivity contribution < 1.29 is 4.74 Å². The Bertz CT molecular complexity index is 511. The van der Waals surface area contributed by atoms with Gasteiger partial charge in [-0.1, -0.05) is 12.1 Å². The van der Waals surface area contributed by atoms with E-state index in [1.165, 1.54) is 0 Å². The largest absolute Gasteiger partial charge is 0.489 e. The van der Waals surface area contributed by atoms with Crippen LogP contribution in [0.4, 0.5) is 5.69 Å². The molecule has 94 valence electrons. The van der Waals surface area contributed by atoms with Crippen molar-refractivity contribution in [1.82, 2.24) is 14.8 Å². The molecular weight excluding hydrogens is 228 g/mol. The van der Waals surface area contributed by atoms with E-state index in [4.69, 9.17) is 4.74 Å². The van der Waals surface area contributed by atoms with Gasteiger partial charge in [-0.05, 0) is 19.1 Å². The molecular formula is C13H16N4O. The summed E-state index contributed by atoms with van der Waals surface area (Å²) in [5.41, 5.74) is 1.16. The molecule has 1 aromatic heterocycles. The van der Waals surface area contributed by atoms with Crippen molar-refractivity contribution in [3.63, 3.8) is 0 Å². The van der Waals surface area contributed by atoms with Crippen LogP contribution in [-0.4, -0.2) is 34.0 Å². The second-order valence-corrected chi connectivity index (χ2v) is 4.48. The Morgan fingerprint density at radius 2 is 2.22 bits per heavy atom. The van der Waals surface area contributed by atoms with Gasteiger partial charge >= 0.3 is 0 Å². The molecule has 0 spiro atoms. The van der Waals surface area contributed by atoms with Gasteiger partial charge in [0.15, 0.2) is 0 Å². The molecule has 1 aliphatic rings. The minimum absolute atomic E-state index is 0.378. The van der Waals surface area contributed by atoms with Crippen LogP contribution in [0.25, 0.3) is 0 Å². The maximum Gasteiger partial charge on any atom is 0.142 e. The molecule has 5 nitrogen and oxygen atoms in total. The van der Waals surface area contributed by atoms with E-state index in [1.807, 2.05) is 22.9 Å². The fourth-order valence-corrected chi connectivity index (χ4v) is 2.25. The molecule has 0 radical (unpaired) electrons. The number of para-hydroxylation sites is 2. The zero-order valence-electron chi connectivity index (χ0n) is 10.4. The van der Waals surface area contributed by atoms with Crippen molar-refractivity contribution in [3.8, 4) is 5.75 Å². The first-order chi connectivity index (χ1) is 8.84. The van der Waals surface area contributed by atoms with Gasteiger partial charge in [-0.3, -0.25) is 4.68 Å². The van der Waals surface area contributed by atoms with Crippen LogP contribution >= 0.6 is 0 Å². The maximum absolute atomic E-state index is 5.73. The van der Waals surface area contributed by atoms with Gasteiger partial charge in [-0.2, -0.15) is 5.10 Å². The van der Waals surface area contributed by atoms with Crippen LogP contribution < -0.4 is 9.64 Å². The van der Waals surface area contributed by atoms with Gasteiger partial charge in [0.05, 0.1) is 18.3 Å². The Morgan fingerprint density at radius 3 is 3.06 bits per heavy atom. The molecule has 1 aromatic carbocycles. The summed E-state index contributed by atoms with van der Waals surface area (Å²) in [4.78, 5) is 6.32. The standard InChI is InChI=1S/C13H16N4O/c1-11-8-18-13-5-3-2-4-12(13)17(11)7-6-16-10-14-9-15-16/h2-5,9-11H,6-8H2,1H3. The summed E-state index contributed by atoms with van der Waals surface area (Å²) in [5.74, 6) is 0.967. The summed E-state index contributed by atoms with van der Waals surface area (Å²) in [6.45, 7) is 4.65. The maximum atomic E-state index is 5.73. The van der Waals surface area contributed by atoms with Crippen LogP contribution in [0.15, 0.2) is 36.9 Å². The lowest BCUT2D eigenvalue weighted by molar-refractivity contribution is 0.268. The summed E-state index contributed by atoms with van der Waals surface area (Å²) in [6.07, 6.45) is 3.31. The number of anilines is 1. The highest BCUT2D eigenvalue weighted by Crippen LogP contribution is 2.33. The van der Waals surface area contributed by atoms with E-state index >= 15 is 0 Å². The molecule has 0 bridgehead atoms. The van der Waals surface area contributed by atoms with Crippen LogP contribution in [0.3, 0.4) is 0 Å². The predicted molar refractivity (Wildman–Crippen MR) is 68.8 cm³/mol. The fourth-order valence-electron chi connectivity index (χ4n) is 2.25. The third-order valence-electron chi connectivity index (χ3n) is 3.22. The second kappa shape index (κ2) is 4.68. The van der Waals surface area contributed by atoms with Crippen LogP contribution in [0.1, 0.15) is 6.92 Å². The first-order valence-electron chi connectivity index (χ1n) is 6.15. The highest BCUT2D eigenvalue weighted by molar-refractivity contribution is 5.60. The normalized spacial score (nSPS) is 18.3. The van der Waals surface area contributed by atoms with Crippen molar-refractivity contribution in [1.29, 1.82) is 0 Å². The van der Waals surface area contributed by atoms with Crippen molar-refractivity contribution in [2.45, 2.75) is 19.5 Å². The van der Waals surface area contributed by atoms with Crippen molar-refractivity contribution in [2.75, 3.05) is 18.1 Å². The van der Waals surface area contributed by atoms with Crippen LogP contribution in [0.5, 0.6) is 5.75 Å². The van der Waals surface area contributed by atoms with Crippen molar-refractivity contribution in [3.05, 3.63) is 36.9 Å². The molecule has 2 aromatic rings. The third kappa shape index (κ3) is 2.03.